The highest BCUT2D eigenvalue weighted by Gasteiger charge is 2.34. The first kappa shape index (κ1) is 18.7. The highest BCUT2D eigenvalue weighted by atomic mass is 16.5. The smallest absolute Gasteiger partial charge is 0.305 e. The Morgan fingerprint density at radius 3 is 2.71 bits per heavy atom. The molecular weight excluding hydrogens is 304 g/mol. The topological polar surface area (TPSA) is 63.6 Å². The van der Waals surface area contributed by atoms with Crippen LogP contribution in [0.1, 0.15) is 73.2 Å². The van der Waals surface area contributed by atoms with E-state index >= 15 is 0 Å². The minimum Gasteiger partial charge on any atom is -0.469 e. The predicted molar refractivity (Wildman–Crippen MR) is 93.0 cm³/mol. The van der Waals surface area contributed by atoms with Gasteiger partial charge >= 0.3 is 5.97 Å². The summed E-state index contributed by atoms with van der Waals surface area (Å²) in [6, 6.07) is 7.73. The lowest BCUT2D eigenvalue weighted by Gasteiger charge is -2.21. The molecule has 24 heavy (non-hydrogen) atoms. The molecule has 1 aromatic carbocycles. The Morgan fingerprint density at radius 2 is 1.96 bits per heavy atom. The molecule has 1 aliphatic carbocycles. The molecule has 1 aromatic rings. The maximum atomic E-state index is 11.3. The number of carbonyl (C=O) groups excluding carboxylic acids is 2. The maximum absolute atomic E-state index is 11.3. The zero-order valence-corrected chi connectivity index (χ0v) is 14.4. The van der Waals surface area contributed by atoms with Gasteiger partial charge in [-0.1, -0.05) is 43.5 Å². The predicted octanol–water partition coefficient (Wildman–Crippen LogP) is 3.87. The molecule has 0 saturated heterocycles. The molecule has 0 heterocycles. The molecule has 2 rings (SSSR count). The van der Waals surface area contributed by atoms with E-state index in [1.54, 1.807) is 0 Å². The lowest BCUT2D eigenvalue weighted by Crippen LogP contribution is -2.08. The van der Waals surface area contributed by atoms with Crippen molar-refractivity contribution in [3.05, 3.63) is 35.4 Å². The van der Waals surface area contributed by atoms with E-state index in [0.717, 1.165) is 62.4 Å². The molecule has 0 aromatic heterocycles. The molecule has 4 nitrogen and oxygen atoms in total. The molecule has 0 radical (unpaired) electrons. The van der Waals surface area contributed by atoms with Gasteiger partial charge in [-0.15, -0.1) is 0 Å². The Hall–Kier alpha value is -1.68. The summed E-state index contributed by atoms with van der Waals surface area (Å²) in [5.41, 5.74) is 1.83. The number of hydrogen-bond acceptors (Lipinski definition) is 4. The van der Waals surface area contributed by atoms with Crippen molar-refractivity contribution in [3.8, 4) is 0 Å². The monoisotopic (exact) mass is 332 g/mol. The van der Waals surface area contributed by atoms with Gasteiger partial charge < -0.3 is 9.84 Å². The number of esters is 1. The van der Waals surface area contributed by atoms with Crippen LogP contribution in [0.3, 0.4) is 0 Å². The molecule has 0 amide bonds. The van der Waals surface area contributed by atoms with Crippen LogP contribution in [0.2, 0.25) is 0 Å². The van der Waals surface area contributed by atoms with Crippen LogP contribution in [-0.4, -0.2) is 30.6 Å². The summed E-state index contributed by atoms with van der Waals surface area (Å²) in [6.45, 7) is 0. The largest absolute Gasteiger partial charge is 0.469 e. The Kier molecular flexibility index (Phi) is 7.44. The Bertz CT molecular complexity index is 540. The summed E-state index contributed by atoms with van der Waals surface area (Å²) in [4.78, 5) is 22.4. The van der Waals surface area contributed by atoms with Gasteiger partial charge in [0.25, 0.3) is 0 Å². The van der Waals surface area contributed by atoms with Gasteiger partial charge in [-0.25, -0.2) is 0 Å². The van der Waals surface area contributed by atoms with Gasteiger partial charge in [-0.3, -0.25) is 9.59 Å². The van der Waals surface area contributed by atoms with Crippen LogP contribution in [0.4, 0.5) is 0 Å². The SMILES string of the molecule is COC(=O)CCCCCC[C@@H]1C[C@@H](O)CC1c1ccccc1C=O. The van der Waals surface area contributed by atoms with E-state index in [-0.39, 0.29) is 18.0 Å². The van der Waals surface area contributed by atoms with E-state index < -0.39 is 0 Å². The first-order chi connectivity index (χ1) is 11.7. The number of aliphatic hydroxyl groups excluding tert-OH is 1. The van der Waals surface area contributed by atoms with E-state index in [9.17, 15) is 14.7 Å². The number of aldehydes is 1. The summed E-state index contributed by atoms with van der Waals surface area (Å²) < 4.78 is 4.64. The van der Waals surface area contributed by atoms with Crippen LogP contribution in [0.25, 0.3) is 0 Å². The molecular formula is C20H28O4. The summed E-state index contributed by atoms with van der Waals surface area (Å²) in [5, 5.41) is 10.1. The van der Waals surface area contributed by atoms with Gasteiger partial charge in [0.2, 0.25) is 0 Å². The van der Waals surface area contributed by atoms with E-state index in [1.165, 1.54) is 7.11 Å². The van der Waals surface area contributed by atoms with Crippen molar-refractivity contribution >= 4 is 12.3 Å². The quantitative estimate of drug-likeness (QED) is 0.423. The average Bonchev–Trinajstić information content (AvgIpc) is 2.98. The molecule has 0 aliphatic heterocycles. The fourth-order valence-corrected chi connectivity index (χ4v) is 3.88. The number of carbonyl (C=O) groups is 2. The number of aliphatic hydroxyl groups is 1. The van der Waals surface area contributed by atoms with Crippen LogP contribution >= 0.6 is 0 Å². The molecule has 132 valence electrons. The van der Waals surface area contributed by atoms with E-state index in [2.05, 4.69) is 4.74 Å². The minimum atomic E-state index is -0.265. The lowest BCUT2D eigenvalue weighted by atomic mass is 9.83. The lowest BCUT2D eigenvalue weighted by molar-refractivity contribution is -0.140. The summed E-state index contributed by atoms with van der Waals surface area (Å²) >= 11 is 0. The number of rotatable bonds is 9. The highest BCUT2D eigenvalue weighted by Crippen LogP contribution is 2.43. The van der Waals surface area contributed by atoms with Gasteiger partial charge in [0.15, 0.2) is 0 Å². The second-order valence-electron chi connectivity index (χ2n) is 6.77. The van der Waals surface area contributed by atoms with Crippen molar-refractivity contribution in [2.75, 3.05) is 7.11 Å². The summed E-state index contributed by atoms with van der Waals surface area (Å²) in [6.07, 6.45) is 7.86. The zero-order valence-electron chi connectivity index (χ0n) is 14.4. The van der Waals surface area contributed by atoms with Crippen LogP contribution < -0.4 is 0 Å². The third-order valence-electron chi connectivity index (χ3n) is 5.13. The van der Waals surface area contributed by atoms with Crippen LogP contribution in [0.15, 0.2) is 24.3 Å². The third kappa shape index (κ3) is 5.17. The van der Waals surface area contributed by atoms with Crippen LogP contribution in [0.5, 0.6) is 0 Å². The molecule has 4 heteroatoms. The van der Waals surface area contributed by atoms with Gasteiger partial charge in [-0.2, -0.15) is 0 Å². The van der Waals surface area contributed by atoms with Crippen LogP contribution in [0, 0.1) is 5.92 Å². The molecule has 3 atom stereocenters. The summed E-state index contributed by atoms with van der Waals surface area (Å²) in [7, 11) is 1.42. The standard InChI is InChI=1S/C20H28O4/c1-24-20(23)11-5-3-2-4-8-15-12-17(22)13-19(15)18-10-7-6-9-16(18)14-21/h6-7,9-10,14-15,17,19,22H,2-5,8,11-13H2,1H3/t15-,17-,19?/m1/s1. The third-order valence-corrected chi connectivity index (χ3v) is 5.13. The number of ether oxygens (including phenoxy) is 1. The van der Waals surface area contributed by atoms with Gasteiger partial charge in [0, 0.05) is 12.0 Å². The van der Waals surface area contributed by atoms with Gasteiger partial charge in [0.05, 0.1) is 13.2 Å². The summed E-state index contributed by atoms with van der Waals surface area (Å²) in [5.74, 6) is 0.567. The Morgan fingerprint density at radius 1 is 1.21 bits per heavy atom. The number of benzene rings is 1. The second kappa shape index (κ2) is 9.58. The highest BCUT2D eigenvalue weighted by molar-refractivity contribution is 5.77. The van der Waals surface area contributed by atoms with Crippen molar-refractivity contribution in [2.24, 2.45) is 5.92 Å². The number of methoxy groups -OCH3 is 1. The maximum Gasteiger partial charge on any atom is 0.305 e. The van der Waals surface area contributed by atoms with Crippen molar-refractivity contribution in [1.29, 1.82) is 0 Å². The number of hydrogen-bond donors (Lipinski definition) is 1. The van der Waals surface area contributed by atoms with Crippen molar-refractivity contribution in [3.63, 3.8) is 0 Å². The normalized spacial score (nSPS) is 23.2. The van der Waals surface area contributed by atoms with Crippen molar-refractivity contribution < 1.29 is 19.4 Å². The molecule has 1 unspecified atom stereocenters. The molecule has 1 N–H and O–H groups in total. The van der Waals surface area contributed by atoms with Crippen LogP contribution in [-0.2, 0) is 9.53 Å². The van der Waals surface area contributed by atoms with Crippen molar-refractivity contribution in [1.82, 2.24) is 0 Å². The first-order valence-electron chi connectivity index (χ1n) is 8.94. The first-order valence-corrected chi connectivity index (χ1v) is 8.94. The van der Waals surface area contributed by atoms with Gasteiger partial charge in [-0.05, 0) is 43.1 Å². The van der Waals surface area contributed by atoms with E-state index in [4.69, 9.17) is 0 Å². The molecule has 0 spiro atoms. The fraction of sp³-hybridized carbons (Fsp3) is 0.600. The van der Waals surface area contributed by atoms with Gasteiger partial charge in [0.1, 0.15) is 6.29 Å². The molecule has 1 aliphatic rings. The molecule has 0 bridgehead atoms. The number of unbranched alkanes of at least 4 members (excludes halogenated alkanes) is 3. The molecule has 1 fully saturated rings. The Balaban J connectivity index is 1.83. The Labute approximate surface area is 144 Å². The second-order valence-corrected chi connectivity index (χ2v) is 6.77. The minimum absolute atomic E-state index is 0.139. The average molecular weight is 332 g/mol. The zero-order chi connectivity index (χ0) is 17.4. The van der Waals surface area contributed by atoms with Crippen molar-refractivity contribution in [2.45, 2.75) is 63.4 Å². The molecule has 1 saturated carbocycles. The van der Waals surface area contributed by atoms with E-state index in [0.29, 0.717) is 12.3 Å². The van der Waals surface area contributed by atoms with E-state index in [1.807, 2.05) is 24.3 Å². The fourth-order valence-electron chi connectivity index (χ4n) is 3.88.